The molecule has 0 aliphatic heterocycles. The summed E-state index contributed by atoms with van der Waals surface area (Å²) in [5.74, 6) is -0.00226. The summed E-state index contributed by atoms with van der Waals surface area (Å²) in [4.78, 5) is 21.4. The number of halogens is 3. The molecule has 6 nitrogen and oxygen atoms in total. The number of carbonyl (C=O) groups excluding carboxylic acids is 1. The highest BCUT2D eigenvalue weighted by Crippen LogP contribution is 2.36. The Morgan fingerprint density at radius 2 is 1.82 bits per heavy atom. The van der Waals surface area contributed by atoms with Crippen molar-refractivity contribution in [1.29, 1.82) is 0 Å². The first kappa shape index (κ1) is 22.1. The molecule has 0 aliphatic carbocycles. The second kappa shape index (κ2) is 8.78. The fraction of sp³-hybridized carbons (Fsp3) is 0.125. The van der Waals surface area contributed by atoms with E-state index in [1.165, 1.54) is 31.4 Å². The zero-order valence-corrected chi connectivity index (χ0v) is 17.6. The maximum Gasteiger partial charge on any atom is 0.418 e. The standard InChI is InChI=1S/C24H18F3N3O3/c1-14-7-5-12-20(28-14)30-22(31)16-13-15-8-6-11-19(32-2)21(15)33-23(16)29-18-10-4-3-9-17(18)24(25,26)27/h3-13H,1-2H3,(H,28,30,31). The molecule has 2 aromatic heterocycles. The predicted octanol–water partition coefficient (Wildman–Crippen LogP) is 5.65. The van der Waals surface area contributed by atoms with Crippen molar-refractivity contribution in [1.82, 2.24) is 4.98 Å². The van der Waals surface area contributed by atoms with Gasteiger partial charge in [-0.3, -0.25) is 4.79 Å². The van der Waals surface area contributed by atoms with Crippen LogP contribution < -0.4 is 15.6 Å². The molecule has 0 radical (unpaired) electrons. The molecule has 2 heterocycles. The first-order valence-corrected chi connectivity index (χ1v) is 9.83. The number of hydrogen-bond acceptors (Lipinski definition) is 5. The topological polar surface area (TPSA) is 76.7 Å². The third-order valence-electron chi connectivity index (χ3n) is 4.76. The fourth-order valence-corrected chi connectivity index (χ4v) is 3.25. The summed E-state index contributed by atoms with van der Waals surface area (Å²) in [6.45, 7) is 1.77. The molecule has 33 heavy (non-hydrogen) atoms. The number of aryl methyl sites for hydroxylation is 1. The molecule has 9 heteroatoms. The van der Waals surface area contributed by atoms with E-state index in [0.717, 1.165) is 6.07 Å². The largest absolute Gasteiger partial charge is 0.493 e. The quantitative estimate of drug-likeness (QED) is 0.433. The zero-order chi connectivity index (χ0) is 23.6. The highest BCUT2D eigenvalue weighted by atomic mass is 19.4. The van der Waals surface area contributed by atoms with Crippen LogP contribution in [-0.4, -0.2) is 18.0 Å². The van der Waals surface area contributed by atoms with Gasteiger partial charge in [0.05, 0.1) is 18.4 Å². The number of benzene rings is 2. The molecule has 0 fully saturated rings. The van der Waals surface area contributed by atoms with Crippen molar-refractivity contribution < 1.29 is 27.1 Å². The number of pyridine rings is 1. The Hall–Kier alpha value is -4.14. The van der Waals surface area contributed by atoms with Gasteiger partial charge in [-0.25, -0.2) is 9.98 Å². The van der Waals surface area contributed by atoms with Gasteiger partial charge in [0.1, 0.15) is 11.4 Å². The molecule has 4 rings (SSSR count). The Morgan fingerprint density at radius 3 is 2.55 bits per heavy atom. The van der Waals surface area contributed by atoms with Crippen molar-refractivity contribution in [3.63, 3.8) is 0 Å². The van der Waals surface area contributed by atoms with E-state index in [0.29, 0.717) is 16.8 Å². The zero-order valence-electron chi connectivity index (χ0n) is 17.6. The maximum absolute atomic E-state index is 13.5. The van der Waals surface area contributed by atoms with Crippen LogP contribution in [-0.2, 0) is 6.18 Å². The van der Waals surface area contributed by atoms with Gasteiger partial charge in [-0.2, -0.15) is 13.2 Å². The van der Waals surface area contributed by atoms with E-state index in [2.05, 4.69) is 15.3 Å². The van der Waals surface area contributed by atoms with Crippen LogP contribution in [0.2, 0.25) is 0 Å². The van der Waals surface area contributed by atoms with Crippen LogP contribution in [0.3, 0.4) is 0 Å². The van der Waals surface area contributed by atoms with Crippen molar-refractivity contribution in [2.24, 2.45) is 4.99 Å². The minimum absolute atomic E-state index is 0.0592. The Balaban J connectivity index is 1.94. The Bertz CT molecular complexity index is 1410. The van der Waals surface area contributed by atoms with Crippen LogP contribution in [0.25, 0.3) is 11.0 Å². The Labute approximate surface area is 186 Å². The molecule has 168 valence electrons. The fourth-order valence-electron chi connectivity index (χ4n) is 3.25. The molecule has 0 spiro atoms. The second-order valence-corrected chi connectivity index (χ2v) is 7.09. The maximum atomic E-state index is 13.5. The summed E-state index contributed by atoms with van der Waals surface area (Å²) in [6, 6.07) is 16.4. The number of hydrogen-bond donors (Lipinski definition) is 1. The average molecular weight is 453 g/mol. The van der Waals surface area contributed by atoms with Crippen LogP contribution in [0.1, 0.15) is 21.6 Å². The van der Waals surface area contributed by atoms with Gasteiger partial charge in [-0.05, 0) is 43.3 Å². The summed E-state index contributed by atoms with van der Waals surface area (Å²) in [7, 11) is 1.43. The SMILES string of the molecule is COc1cccc2cc(C(=O)Nc3cccc(C)n3)c(=Nc3ccccc3C(F)(F)F)oc12. The van der Waals surface area contributed by atoms with E-state index >= 15 is 0 Å². The number of methoxy groups -OCH3 is 1. The molecule has 0 atom stereocenters. The van der Waals surface area contributed by atoms with Gasteiger partial charge < -0.3 is 14.5 Å². The first-order chi connectivity index (χ1) is 15.8. The molecule has 2 aromatic carbocycles. The normalized spacial score (nSPS) is 12.1. The van der Waals surface area contributed by atoms with E-state index in [9.17, 15) is 18.0 Å². The van der Waals surface area contributed by atoms with Crippen molar-refractivity contribution in [3.05, 3.63) is 89.1 Å². The number of rotatable bonds is 4. The molecule has 4 aromatic rings. The van der Waals surface area contributed by atoms with Crippen molar-refractivity contribution in [2.45, 2.75) is 13.1 Å². The summed E-state index contributed by atoms with van der Waals surface area (Å²) in [5, 5.41) is 3.15. The van der Waals surface area contributed by atoms with Crippen molar-refractivity contribution in [2.75, 3.05) is 12.4 Å². The number of nitrogens with one attached hydrogen (secondary N) is 1. The number of aromatic nitrogens is 1. The van der Waals surface area contributed by atoms with E-state index in [-0.39, 0.29) is 28.2 Å². The Kier molecular flexibility index (Phi) is 5.87. The number of anilines is 1. The van der Waals surface area contributed by atoms with E-state index in [4.69, 9.17) is 9.15 Å². The molecule has 0 unspecified atom stereocenters. The molecule has 0 aliphatic rings. The molecule has 1 amide bonds. The summed E-state index contributed by atoms with van der Waals surface area (Å²) < 4.78 is 51.6. The number of nitrogens with zero attached hydrogens (tertiary/aromatic N) is 2. The van der Waals surface area contributed by atoms with Gasteiger partial charge >= 0.3 is 6.18 Å². The van der Waals surface area contributed by atoms with Gasteiger partial charge in [0, 0.05) is 11.1 Å². The van der Waals surface area contributed by atoms with Gasteiger partial charge in [-0.15, -0.1) is 0 Å². The average Bonchev–Trinajstić information content (AvgIpc) is 2.78. The highest BCUT2D eigenvalue weighted by molar-refractivity contribution is 6.05. The number of ether oxygens (including phenoxy) is 1. The summed E-state index contributed by atoms with van der Waals surface area (Å²) in [6.07, 6.45) is -4.64. The van der Waals surface area contributed by atoms with Crippen molar-refractivity contribution in [3.8, 4) is 5.75 Å². The van der Waals surface area contributed by atoms with Gasteiger partial charge in [0.15, 0.2) is 11.3 Å². The van der Waals surface area contributed by atoms with Gasteiger partial charge in [0.25, 0.3) is 5.91 Å². The number of alkyl halides is 3. The molecule has 0 saturated carbocycles. The first-order valence-electron chi connectivity index (χ1n) is 9.83. The lowest BCUT2D eigenvalue weighted by Gasteiger charge is -2.11. The van der Waals surface area contributed by atoms with Crippen LogP contribution in [0.15, 0.2) is 76.1 Å². The molecule has 0 saturated heterocycles. The lowest BCUT2D eigenvalue weighted by atomic mass is 10.1. The van der Waals surface area contributed by atoms with Crippen molar-refractivity contribution >= 4 is 28.4 Å². The van der Waals surface area contributed by atoms with Gasteiger partial charge in [0.2, 0.25) is 5.55 Å². The van der Waals surface area contributed by atoms with Gasteiger partial charge in [-0.1, -0.05) is 30.3 Å². The number of amides is 1. The van der Waals surface area contributed by atoms with Crippen LogP contribution in [0.5, 0.6) is 5.75 Å². The third kappa shape index (κ3) is 4.72. The number of carbonyl (C=O) groups is 1. The Morgan fingerprint density at radius 1 is 1.06 bits per heavy atom. The monoisotopic (exact) mass is 453 g/mol. The van der Waals surface area contributed by atoms with E-state index in [1.54, 1.807) is 43.3 Å². The highest BCUT2D eigenvalue weighted by Gasteiger charge is 2.33. The lowest BCUT2D eigenvalue weighted by Crippen LogP contribution is -2.22. The smallest absolute Gasteiger partial charge is 0.418 e. The minimum atomic E-state index is -4.64. The van der Waals surface area contributed by atoms with Crippen LogP contribution >= 0.6 is 0 Å². The summed E-state index contributed by atoms with van der Waals surface area (Å²) in [5.41, 5.74) is -0.763. The number of para-hydroxylation sites is 2. The van der Waals surface area contributed by atoms with E-state index < -0.39 is 17.6 Å². The molecular formula is C24H18F3N3O3. The lowest BCUT2D eigenvalue weighted by molar-refractivity contribution is -0.137. The predicted molar refractivity (Wildman–Crippen MR) is 116 cm³/mol. The van der Waals surface area contributed by atoms with E-state index in [1.807, 2.05) is 0 Å². The molecule has 0 bridgehead atoms. The molecular weight excluding hydrogens is 435 g/mol. The number of fused-ring (bicyclic) bond motifs is 1. The van der Waals surface area contributed by atoms with Crippen LogP contribution in [0, 0.1) is 6.92 Å². The van der Waals surface area contributed by atoms with Crippen LogP contribution in [0.4, 0.5) is 24.7 Å². The second-order valence-electron chi connectivity index (χ2n) is 7.09. The summed E-state index contributed by atoms with van der Waals surface area (Å²) >= 11 is 0. The minimum Gasteiger partial charge on any atom is -0.493 e. The third-order valence-corrected chi connectivity index (χ3v) is 4.76. The molecule has 1 N–H and O–H groups in total.